The zero-order valence-corrected chi connectivity index (χ0v) is 15.6. The summed E-state index contributed by atoms with van der Waals surface area (Å²) in [5, 5.41) is 11.6. The zero-order chi connectivity index (χ0) is 18.7. The number of aromatic nitrogens is 4. The van der Waals surface area contributed by atoms with E-state index < -0.39 is 0 Å². The van der Waals surface area contributed by atoms with Crippen LogP contribution in [0.3, 0.4) is 0 Å². The van der Waals surface area contributed by atoms with Crippen LogP contribution in [0.5, 0.6) is 0 Å². The molecule has 0 aliphatic carbocycles. The summed E-state index contributed by atoms with van der Waals surface area (Å²) >= 11 is 0. The van der Waals surface area contributed by atoms with E-state index in [1.807, 2.05) is 52.6 Å². The fourth-order valence-corrected chi connectivity index (χ4v) is 2.91. The summed E-state index contributed by atoms with van der Waals surface area (Å²) < 4.78 is 3.35. The maximum atomic E-state index is 12.8. The molecule has 0 saturated carbocycles. The topological polar surface area (TPSA) is 68.0 Å². The first-order valence-corrected chi connectivity index (χ1v) is 8.46. The number of aryl methyl sites for hydroxylation is 2. The van der Waals surface area contributed by atoms with Gasteiger partial charge in [-0.05, 0) is 25.2 Å². The third kappa shape index (κ3) is 4.00. The molecule has 0 unspecified atom stereocenters. The normalized spacial score (nSPS) is 11.1. The Labute approximate surface area is 153 Å². The zero-order valence-electron chi connectivity index (χ0n) is 15.6. The van der Waals surface area contributed by atoms with Gasteiger partial charge in [-0.3, -0.25) is 14.2 Å². The van der Waals surface area contributed by atoms with Crippen molar-refractivity contribution >= 4 is 5.91 Å². The van der Waals surface area contributed by atoms with Crippen LogP contribution in [0.15, 0.2) is 42.9 Å². The maximum absolute atomic E-state index is 12.8. The number of amides is 1. The third-order valence-corrected chi connectivity index (χ3v) is 4.10. The second-order valence-corrected chi connectivity index (χ2v) is 6.66. The van der Waals surface area contributed by atoms with Gasteiger partial charge < -0.3 is 10.2 Å². The van der Waals surface area contributed by atoms with E-state index in [1.54, 1.807) is 21.8 Å². The average Bonchev–Trinajstić information content (AvgIpc) is 3.19. The fourth-order valence-electron chi connectivity index (χ4n) is 2.91. The number of hydrogen-bond acceptors (Lipinski definition) is 4. The molecular weight excluding hydrogens is 328 g/mol. The molecule has 7 heteroatoms. The minimum Gasteiger partial charge on any atom is -0.348 e. The highest BCUT2D eigenvalue weighted by Gasteiger charge is 2.18. The van der Waals surface area contributed by atoms with E-state index in [9.17, 15) is 4.79 Å². The van der Waals surface area contributed by atoms with Crippen molar-refractivity contribution in [2.75, 3.05) is 14.1 Å². The summed E-state index contributed by atoms with van der Waals surface area (Å²) in [4.78, 5) is 14.9. The van der Waals surface area contributed by atoms with Crippen LogP contribution in [-0.4, -0.2) is 44.5 Å². The Morgan fingerprint density at radius 2 is 1.85 bits per heavy atom. The number of hydrogen-bond donors (Lipinski definition) is 1. The molecule has 0 saturated heterocycles. The largest absolute Gasteiger partial charge is 0.348 e. The van der Waals surface area contributed by atoms with Crippen molar-refractivity contribution < 1.29 is 4.79 Å². The second-order valence-electron chi connectivity index (χ2n) is 6.66. The van der Waals surface area contributed by atoms with Crippen molar-refractivity contribution in [1.82, 2.24) is 29.8 Å². The van der Waals surface area contributed by atoms with Crippen molar-refractivity contribution in [1.29, 1.82) is 0 Å². The molecule has 0 atom stereocenters. The first-order valence-electron chi connectivity index (χ1n) is 8.46. The number of carbonyl (C=O) groups is 1. The van der Waals surface area contributed by atoms with Gasteiger partial charge in [-0.1, -0.05) is 24.3 Å². The summed E-state index contributed by atoms with van der Waals surface area (Å²) in [7, 11) is 7.72. The molecule has 7 nitrogen and oxygen atoms in total. The van der Waals surface area contributed by atoms with Crippen LogP contribution in [0.4, 0.5) is 0 Å². The standard InChI is InChI=1S/C19H24N6O/c1-23(2)11-15-8-6-5-7-14(15)9-20-19(26)17-13-25(4)22-18(17)16-10-21-24(3)12-16/h5-8,10,12-13H,9,11H2,1-4H3,(H,20,26). The van der Waals surface area contributed by atoms with Gasteiger partial charge in [0, 0.05) is 45.1 Å². The second kappa shape index (κ2) is 7.53. The third-order valence-electron chi connectivity index (χ3n) is 4.10. The van der Waals surface area contributed by atoms with Gasteiger partial charge in [0.05, 0.1) is 11.8 Å². The van der Waals surface area contributed by atoms with E-state index in [0.717, 1.165) is 17.7 Å². The minimum atomic E-state index is -0.142. The van der Waals surface area contributed by atoms with Crippen LogP contribution in [0, 0.1) is 0 Å². The van der Waals surface area contributed by atoms with Crippen molar-refractivity contribution in [3.8, 4) is 11.3 Å². The van der Waals surface area contributed by atoms with E-state index in [0.29, 0.717) is 17.8 Å². The number of carbonyl (C=O) groups excluding carboxylic acids is 1. The van der Waals surface area contributed by atoms with E-state index in [4.69, 9.17) is 0 Å². The van der Waals surface area contributed by atoms with Gasteiger partial charge in [0.25, 0.3) is 5.91 Å². The predicted molar refractivity (Wildman–Crippen MR) is 100 cm³/mol. The van der Waals surface area contributed by atoms with Crippen LogP contribution in [0.2, 0.25) is 0 Å². The van der Waals surface area contributed by atoms with Gasteiger partial charge in [-0.25, -0.2) is 0 Å². The molecule has 0 radical (unpaired) electrons. The number of nitrogens with zero attached hydrogens (tertiary/aromatic N) is 5. The van der Waals surface area contributed by atoms with Gasteiger partial charge in [0.2, 0.25) is 0 Å². The predicted octanol–water partition coefficient (Wildman–Crippen LogP) is 1.81. The van der Waals surface area contributed by atoms with Crippen LogP contribution in [0.1, 0.15) is 21.5 Å². The van der Waals surface area contributed by atoms with Crippen molar-refractivity contribution in [2.24, 2.45) is 14.1 Å². The number of benzene rings is 1. The molecule has 3 rings (SSSR count). The summed E-state index contributed by atoms with van der Waals surface area (Å²) in [5.41, 5.74) is 4.33. The lowest BCUT2D eigenvalue weighted by Crippen LogP contribution is -2.24. The molecule has 1 N–H and O–H groups in total. The van der Waals surface area contributed by atoms with Crippen LogP contribution in [-0.2, 0) is 27.2 Å². The fraction of sp³-hybridized carbons (Fsp3) is 0.316. The van der Waals surface area contributed by atoms with E-state index in [1.165, 1.54) is 5.56 Å². The lowest BCUT2D eigenvalue weighted by Gasteiger charge is -2.14. The molecule has 0 spiro atoms. The Balaban J connectivity index is 1.78. The monoisotopic (exact) mass is 352 g/mol. The Morgan fingerprint density at radius 3 is 2.50 bits per heavy atom. The Bertz CT molecular complexity index is 908. The smallest absolute Gasteiger partial charge is 0.255 e. The van der Waals surface area contributed by atoms with Crippen LogP contribution in [0.25, 0.3) is 11.3 Å². The highest BCUT2D eigenvalue weighted by molar-refractivity contribution is 5.99. The van der Waals surface area contributed by atoms with Gasteiger partial charge in [0.1, 0.15) is 5.69 Å². The summed E-state index contributed by atoms with van der Waals surface area (Å²) in [6.45, 7) is 1.31. The molecule has 136 valence electrons. The summed E-state index contributed by atoms with van der Waals surface area (Å²) in [6.07, 6.45) is 5.31. The molecule has 1 amide bonds. The van der Waals surface area contributed by atoms with E-state index in [-0.39, 0.29) is 5.91 Å². The van der Waals surface area contributed by atoms with E-state index in [2.05, 4.69) is 26.5 Å². The van der Waals surface area contributed by atoms with Crippen molar-refractivity contribution in [3.05, 3.63) is 59.5 Å². The van der Waals surface area contributed by atoms with Gasteiger partial charge in [-0.2, -0.15) is 10.2 Å². The highest BCUT2D eigenvalue weighted by atomic mass is 16.1. The summed E-state index contributed by atoms with van der Waals surface area (Å²) in [6, 6.07) is 8.15. The highest BCUT2D eigenvalue weighted by Crippen LogP contribution is 2.21. The van der Waals surface area contributed by atoms with Gasteiger partial charge in [-0.15, -0.1) is 0 Å². The Hall–Kier alpha value is -2.93. The Morgan fingerprint density at radius 1 is 1.12 bits per heavy atom. The van der Waals surface area contributed by atoms with Gasteiger partial charge >= 0.3 is 0 Å². The van der Waals surface area contributed by atoms with E-state index >= 15 is 0 Å². The number of nitrogens with one attached hydrogen (secondary N) is 1. The van der Waals surface area contributed by atoms with Crippen molar-refractivity contribution in [3.63, 3.8) is 0 Å². The van der Waals surface area contributed by atoms with Crippen LogP contribution < -0.4 is 5.32 Å². The molecule has 1 aromatic carbocycles. The lowest BCUT2D eigenvalue weighted by atomic mass is 10.1. The first kappa shape index (κ1) is 17.9. The first-order chi connectivity index (χ1) is 12.4. The number of rotatable bonds is 6. The molecule has 2 aromatic heterocycles. The SMILES string of the molecule is CN(C)Cc1ccccc1CNC(=O)c1cn(C)nc1-c1cnn(C)c1. The maximum Gasteiger partial charge on any atom is 0.255 e. The average molecular weight is 352 g/mol. The molecule has 0 aliphatic rings. The molecule has 0 fully saturated rings. The summed E-state index contributed by atoms with van der Waals surface area (Å²) in [5.74, 6) is -0.142. The van der Waals surface area contributed by atoms with Crippen LogP contribution >= 0.6 is 0 Å². The molecular formula is C19H24N6O. The molecule has 0 aliphatic heterocycles. The van der Waals surface area contributed by atoms with Gasteiger partial charge in [0.15, 0.2) is 0 Å². The Kier molecular flexibility index (Phi) is 5.18. The lowest BCUT2D eigenvalue weighted by molar-refractivity contribution is 0.0951. The molecule has 26 heavy (non-hydrogen) atoms. The minimum absolute atomic E-state index is 0.142. The molecule has 0 bridgehead atoms. The molecule has 3 aromatic rings. The van der Waals surface area contributed by atoms with Crippen molar-refractivity contribution in [2.45, 2.75) is 13.1 Å². The quantitative estimate of drug-likeness (QED) is 0.735. The molecule has 2 heterocycles.